The third-order valence-corrected chi connectivity index (χ3v) is 3.82. The minimum Gasteiger partial charge on any atom is -0.379 e. The number of hydrogen-bond donors (Lipinski definition) is 2. The summed E-state index contributed by atoms with van der Waals surface area (Å²) >= 11 is 6.72. The van der Waals surface area contributed by atoms with Crippen molar-refractivity contribution < 1.29 is 0 Å². The lowest BCUT2D eigenvalue weighted by atomic mass is 10.3. The number of fused-ring (bicyclic) bond motifs is 1. The molecule has 5 heteroatoms. The maximum Gasteiger partial charge on any atom is 0.159 e. The molecule has 2 N–H and O–H groups in total. The molecule has 0 aliphatic rings. The number of aromatic nitrogens is 2. The Hall–Kier alpha value is -1.72. The molecule has 2 aromatic heterocycles. The standard InChI is InChI=1S/C13H11N3S2/c17-13-16-11-5-4-9(7-12(11)18-13)15-8-10-3-1-2-6-14-10/h1-7,15H,8H2,(H,16,17). The van der Waals surface area contributed by atoms with Crippen LogP contribution in [0.5, 0.6) is 0 Å². The van der Waals surface area contributed by atoms with Crippen LogP contribution in [0.15, 0.2) is 42.6 Å². The summed E-state index contributed by atoms with van der Waals surface area (Å²) < 4.78 is 1.98. The average molecular weight is 273 g/mol. The van der Waals surface area contributed by atoms with Crippen LogP contribution in [-0.2, 0) is 6.54 Å². The van der Waals surface area contributed by atoms with E-state index in [0.717, 1.165) is 27.4 Å². The van der Waals surface area contributed by atoms with E-state index in [1.165, 1.54) is 4.70 Å². The summed E-state index contributed by atoms with van der Waals surface area (Å²) in [7, 11) is 0. The quantitative estimate of drug-likeness (QED) is 0.709. The molecule has 0 unspecified atom stereocenters. The van der Waals surface area contributed by atoms with Gasteiger partial charge < -0.3 is 10.3 Å². The summed E-state index contributed by atoms with van der Waals surface area (Å²) in [4.78, 5) is 7.43. The fourth-order valence-corrected chi connectivity index (χ4v) is 2.91. The van der Waals surface area contributed by atoms with Gasteiger partial charge in [-0.2, -0.15) is 0 Å². The molecule has 2 heterocycles. The number of aromatic amines is 1. The maximum atomic E-state index is 5.13. The topological polar surface area (TPSA) is 40.7 Å². The molecule has 3 rings (SSSR count). The molecule has 0 amide bonds. The first-order valence-corrected chi connectivity index (χ1v) is 6.80. The first kappa shape index (κ1) is 11.4. The zero-order valence-electron chi connectivity index (χ0n) is 9.51. The second-order valence-corrected chi connectivity index (χ2v) is 5.62. The fourth-order valence-electron chi connectivity index (χ4n) is 1.75. The van der Waals surface area contributed by atoms with Crippen LogP contribution in [-0.4, -0.2) is 9.97 Å². The van der Waals surface area contributed by atoms with E-state index in [9.17, 15) is 0 Å². The molecule has 1 aromatic carbocycles. The average Bonchev–Trinajstić information content (AvgIpc) is 2.77. The van der Waals surface area contributed by atoms with Crippen molar-refractivity contribution in [2.24, 2.45) is 0 Å². The van der Waals surface area contributed by atoms with Crippen molar-refractivity contribution in [2.45, 2.75) is 6.54 Å². The van der Waals surface area contributed by atoms with E-state index in [2.05, 4.69) is 21.4 Å². The predicted octanol–water partition coefficient (Wildman–Crippen LogP) is 3.97. The lowest BCUT2D eigenvalue weighted by molar-refractivity contribution is 1.05. The van der Waals surface area contributed by atoms with Gasteiger partial charge in [0.1, 0.15) is 0 Å². The Balaban J connectivity index is 1.80. The van der Waals surface area contributed by atoms with Gasteiger partial charge in [0.2, 0.25) is 0 Å². The fraction of sp³-hybridized carbons (Fsp3) is 0.0769. The van der Waals surface area contributed by atoms with Crippen LogP contribution in [0.1, 0.15) is 5.69 Å². The van der Waals surface area contributed by atoms with Gasteiger partial charge in [-0.1, -0.05) is 6.07 Å². The Morgan fingerprint density at radius 3 is 3.06 bits per heavy atom. The largest absolute Gasteiger partial charge is 0.379 e. The monoisotopic (exact) mass is 273 g/mol. The number of benzene rings is 1. The summed E-state index contributed by atoms with van der Waals surface area (Å²) in [5.41, 5.74) is 3.20. The van der Waals surface area contributed by atoms with Gasteiger partial charge in [0, 0.05) is 11.9 Å². The van der Waals surface area contributed by atoms with Gasteiger partial charge in [-0.15, -0.1) is 11.3 Å². The minimum absolute atomic E-state index is 0.724. The number of pyridine rings is 1. The van der Waals surface area contributed by atoms with Gasteiger partial charge in [-0.3, -0.25) is 4.98 Å². The lowest BCUT2D eigenvalue weighted by Crippen LogP contribution is -2.00. The predicted molar refractivity (Wildman–Crippen MR) is 78.6 cm³/mol. The highest BCUT2D eigenvalue weighted by Gasteiger charge is 1.99. The van der Waals surface area contributed by atoms with Gasteiger partial charge in [0.05, 0.1) is 22.5 Å². The number of thiazole rings is 1. The van der Waals surface area contributed by atoms with Crippen molar-refractivity contribution in [1.29, 1.82) is 0 Å². The van der Waals surface area contributed by atoms with E-state index in [-0.39, 0.29) is 0 Å². The van der Waals surface area contributed by atoms with Gasteiger partial charge in [0.15, 0.2) is 3.95 Å². The third kappa shape index (κ3) is 2.42. The van der Waals surface area contributed by atoms with E-state index < -0.39 is 0 Å². The van der Waals surface area contributed by atoms with E-state index in [1.54, 1.807) is 17.5 Å². The zero-order chi connectivity index (χ0) is 12.4. The molecule has 3 nitrogen and oxygen atoms in total. The Kier molecular flexibility index (Phi) is 3.08. The molecular weight excluding hydrogens is 262 g/mol. The van der Waals surface area contributed by atoms with E-state index in [4.69, 9.17) is 12.2 Å². The highest BCUT2D eigenvalue weighted by atomic mass is 32.1. The molecule has 3 aromatic rings. The number of anilines is 1. The highest BCUT2D eigenvalue weighted by Crippen LogP contribution is 2.23. The van der Waals surface area contributed by atoms with Gasteiger partial charge in [0.25, 0.3) is 0 Å². The molecule has 0 bridgehead atoms. The first-order chi connectivity index (χ1) is 8.81. The zero-order valence-corrected chi connectivity index (χ0v) is 11.1. The Morgan fingerprint density at radius 2 is 2.22 bits per heavy atom. The smallest absolute Gasteiger partial charge is 0.159 e. The van der Waals surface area contributed by atoms with Gasteiger partial charge in [-0.25, -0.2) is 0 Å². The van der Waals surface area contributed by atoms with Crippen LogP contribution in [0.4, 0.5) is 5.69 Å². The number of rotatable bonds is 3. The Labute approximate surface area is 114 Å². The second kappa shape index (κ2) is 4.88. The van der Waals surface area contributed by atoms with Crippen LogP contribution in [0.2, 0.25) is 0 Å². The summed E-state index contributed by atoms with van der Waals surface area (Å²) in [6, 6.07) is 12.1. The van der Waals surface area contributed by atoms with Crippen LogP contribution >= 0.6 is 23.6 Å². The van der Waals surface area contributed by atoms with Crippen molar-refractivity contribution in [1.82, 2.24) is 9.97 Å². The molecule has 0 aliphatic carbocycles. The van der Waals surface area contributed by atoms with Crippen molar-refractivity contribution >= 4 is 39.5 Å². The molecule has 0 spiro atoms. The number of nitrogens with zero attached hydrogens (tertiary/aromatic N) is 1. The third-order valence-electron chi connectivity index (χ3n) is 2.62. The minimum atomic E-state index is 0.724. The Bertz CT molecular complexity index is 716. The molecule has 0 saturated carbocycles. The Morgan fingerprint density at radius 1 is 1.28 bits per heavy atom. The van der Waals surface area contributed by atoms with Crippen LogP contribution in [0, 0.1) is 3.95 Å². The number of hydrogen-bond acceptors (Lipinski definition) is 4. The normalized spacial score (nSPS) is 10.7. The first-order valence-electron chi connectivity index (χ1n) is 5.58. The van der Waals surface area contributed by atoms with Crippen molar-refractivity contribution in [3.05, 3.63) is 52.2 Å². The van der Waals surface area contributed by atoms with E-state index in [0.29, 0.717) is 0 Å². The highest BCUT2D eigenvalue weighted by molar-refractivity contribution is 7.73. The van der Waals surface area contributed by atoms with Gasteiger partial charge >= 0.3 is 0 Å². The summed E-state index contributed by atoms with van der Waals surface area (Å²) in [5, 5.41) is 3.36. The molecule has 0 atom stereocenters. The van der Waals surface area contributed by atoms with E-state index in [1.807, 2.05) is 30.3 Å². The molecule has 18 heavy (non-hydrogen) atoms. The number of H-pyrrole nitrogens is 1. The van der Waals surface area contributed by atoms with Crippen molar-refractivity contribution in [2.75, 3.05) is 5.32 Å². The maximum absolute atomic E-state index is 5.13. The molecule has 0 aliphatic heterocycles. The summed E-state index contributed by atoms with van der Waals surface area (Å²) in [5.74, 6) is 0. The molecule has 0 saturated heterocycles. The molecular formula is C13H11N3S2. The lowest BCUT2D eigenvalue weighted by Gasteiger charge is -2.05. The molecule has 90 valence electrons. The second-order valence-electron chi connectivity index (χ2n) is 3.90. The molecule has 0 radical (unpaired) electrons. The number of nitrogens with one attached hydrogen (secondary N) is 2. The van der Waals surface area contributed by atoms with Crippen molar-refractivity contribution in [3.8, 4) is 0 Å². The van der Waals surface area contributed by atoms with Crippen LogP contribution in [0.3, 0.4) is 0 Å². The van der Waals surface area contributed by atoms with Gasteiger partial charge in [-0.05, 0) is 42.5 Å². The van der Waals surface area contributed by atoms with E-state index >= 15 is 0 Å². The summed E-state index contributed by atoms with van der Waals surface area (Å²) in [6.45, 7) is 0.724. The summed E-state index contributed by atoms with van der Waals surface area (Å²) in [6.07, 6.45) is 1.80. The van der Waals surface area contributed by atoms with Crippen LogP contribution < -0.4 is 5.32 Å². The SMILES string of the molecule is S=c1[nH]c2ccc(NCc3ccccn3)cc2s1. The van der Waals surface area contributed by atoms with Crippen LogP contribution in [0.25, 0.3) is 10.2 Å². The van der Waals surface area contributed by atoms with Crippen molar-refractivity contribution in [3.63, 3.8) is 0 Å². The molecule has 0 fully saturated rings.